The third-order valence-corrected chi connectivity index (χ3v) is 14.9. The number of esters is 1. The second-order valence-corrected chi connectivity index (χ2v) is 19.1. The minimum Gasteiger partial charge on any atom is -0.423 e. The summed E-state index contributed by atoms with van der Waals surface area (Å²) in [5.74, 6) is 4.25. The molecule has 61 heavy (non-hydrogen) atoms. The third kappa shape index (κ3) is 11.2. The highest BCUT2D eigenvalue weighted by atomic mass is 17.2. The van der Waals surface area contributed by atoms with Gasteiger partial charge in [0.2, 0.25) is 0 Å². The van der Waals surface area contributed by atoms with E-state index in [4.69, 9.17) is 14.5 Å². The Hall–Kier alpha value is -4.41. The van der Waals surface area contributed by atoms with E-state index < -0.39 is 0 Å². The van der Waals surface area contributed by atoms with Gasteiger partial charge in [0.15, 0.2) is 5.75 Å². The maximum atomic E-state index is 13.4. The van der Waals surface area contributed by atoms with Crippen molar-refractivity contribution < 1.29 is 19.3 Å². The average molecular weight is 819 g/mol. The van der Waals surface area contributed by atoms with Crippen molar-refractivity contribution in [3.05, 3.63) is 142 Å². The van der Waals surface area contributed by atoms with Gasteiger partial charge in [-0.05, 0) is 176 Å². The molecule has 4 aromatic rings. The van der Waals surface area contributed by atoms with E-state index >= 15 is 0 Å². The number of ether oxygens (including phenoxy) is 1. The second-order valence-electron chi connectivity index (χ2n) is 19.1. The maximum Gasteiger partial charge on any atom is 0.343 e. The molecule has 0 radical (unpaired) electrons. The molecule has 2 saturated carbocycles. The molecular formula is C57H70O4. The van der Waals surface area contributed by atoms with Gasteiger partial charge in [0.25, 0.3) is 0 Å². The molecule has 322 valence electrons. The summed E-state index contributed by atoms with van der Waals surface area (Å²) in [6.07, 6.45) is 35.2. The van der Waals surface area contributed by atoms with E-state index in [2.05, 4.69) is 86.7 Å². The summed E-state index contributed by atoms with van der Waals surface area (Å²) >= 11 is 0. The lowest BCUT2D eigenvalue weighted by Gasteiger charge is -2.27. The average Bonchev–Trinajstić information content (AvgIpc) is 3.86. The first kappa shape index (κ1) is 43.2. The molecule has 4 aliphatic carbocycles. The van der Waals surface area contributed by atoms with Crippen LogP contribution >= 0.6 is 0 Å². The molecule has 4 nitrogen and oxygen atoms in total. The highest BCUT2D eigenvalue weighted by Crippen LogP contribution is 2.53. The molecule has 0 N–H and O–H groups in total. The predicted molar refractivity (Wildman–Crippen MR) is 251 cm³/mol. The molecule has 4 aliphatic rings. The molecule has 0 amide bonds. The summed E-state index contributed by atoms with van der Waals surface area (Å²) in [5, 5.41) is 0. The number of hydrogen-bond acceptors (Lipinski definition) is 4. The Morgan fingerprint density at radius 2 is 1.11 bits per heavy atom. The van der Waals surface area contributed by atoms with Crippen LogP contribution in [-0.4, -0.2) is 5.97 Å². The van der Waals surface area contributed by atoms with Gasteiger partial charge in [-0.25, -0.2) is 4.79 Å². The van der Waals surface area contributed by atoms with E-state index in [-0.39, 0.29) is 11.4 Å². The van der Waals surface area contributed by atoms with Gasteiger partial charge in [0.1, 0.15) is 12.4 Å². The molecule has 1 spiro atoms. The van der Waals surface area contributed by atoms with Gasteiger partial charge in [-0.15, -0.1) is 0 Å². The molecule has 1 unspecified atom stereocenters. The lowest BCUT2D eigenvalue weighted by Crippen LogP contribution is -2.21. The molecule has 0 aliphatic heterocycles. The number of rotatable bonds is 18. The summed E-state index contributed by atoms with van der Waals surface area (Å²) in [4.78, 5) is 25.1. The van der Waals surface area contributed by atoms with Crippen LogP contribution in [0.4, 0.5) is 0 Å². The van der Waals surface area contributed by atoms with Crippen molar-refractivity contribution in [1.29, 1.82) is 0 Å². The van der Waals surface area contributed by atoms with Gasteiger partial charge in [0.05, 0.1) is 5.56 Å². The Balaban J connectivity index is 0.823. The van der Waals surface area contributed by atoms with Crippen LogP contribution < -0.4 is 9.62 Å². The van der Waals surface area contributed by atoms with Crippen molar-refractivity contribution in [2.24, 2.45) is 23.7 Å². The number of aryl methyl sites for hydroxylation is 2. The number of unbranched alkanes of at least 4 members (excludes halogenated alkanes) is 4. The number of carbonyl (C=O) groups excluding carboxylic acids is 1. The maximum absolute atomic E-state index is 13.4. The van der Waals surface area contributed by atoms with Crippen LogP contribution in [0.5, 0.6) is 11.5 Å². The van der Waals surface area contributed by atoms with Gasteiger partial charge < -0.3 is 9.62 Å². The predicted octanol–water partition coefficient (Wildman–Crippen LogP) is 15.4. The number of hydrogen-bond donors (Lipinski definition) is 0. The van der Waals surface area contributed by atoms with Crippen molar-refractivity contribution in [3.8, 4) is 11.5 Å². The zero-order valence-electron chi connectivity index (χ0n) is 37.2. The minimum atomic E-state index is -0.319. The number of allylic oxidation sites excluding steroid dienone is 2. The van der Waals surface area contributed by atoms with Crippen LogP contribution in [0.3, 0.4) is 0 Å². The largest absolute Gasteiger partial charge is 0.423 e. The Kier molecular flexibility index (Phi) is 15.0. The molecule has 0 saturated heterocycles. The minimum absolute atomic E-state index is 0.119. The molecule has 4 aromatic carbocycles. The van der Waals surface area contributed by atoms with E-state index in [1.165, 1.54) is 131 Å². The highest BCUT2D eigenvalue weighted by molar-refractivity contribution is 5.91. The second kappa shape index (κ2) is 21.1. The lowest BCUT2D eigenvalue weighted by atomic mass is 9.76. The molecule has 0 heterocycles. The van der Waals surface area contributed by atoms with E-state index in [1.54, 1.807) is 0 Å². The van der Waals surface area contributed by atoms with Crippen molar-refractivity contribution >= 4 is 18.1 Å². The molecule has 1 atom stereocenters. The van der Waals surface area contributed by atoms with Crippen LogP contribution in [0.1, 0.15) is 179 Å². The van der Waals surface area contributed by atoms with Gasteiger partial charge in [-0.3, -0.25) is 0 Å². The molecule has 4 heteroatoms. The fraction of sp³-hybridized carbons (Fsp3) is 0.491. The Morgan fingerprint density at radius 1 is 0.607 bits per heavy atom. The molecule has 0 bridgehead atoms. The van der Waals surface area contributed by atoms with Crippen molar-refractivity contribution in [1.82, 2.24) is 0 Å². The van der Waals surface area contributed by atoms with Gasteiger partial charge >= 0.3 is 5.97 Å². The number of benzene rings is 4. The van der Waals surface area contributed by atoms with Crippen molar-refractivity contribution in [2.45, 2.75) is 154 Å². The molecule has 0 aromatic heterocycles. The summed E-state index contributed by atoms with van der Waals surface area (Å²) in [6.45, 7) is 4.97. The van der Waals surface area contributed by atoms with E-state index in [0.717, 1.165) is 54.4 Å². The first-order valence-corrected chi connectivity index (χ1v) is 24.3. The van der Waals surface area contributed by atoms with Gasteiger partial charge in [0, 0.05) is 5.41 Å². The first-order chi connectivity index (χ1) is 30.0. The van der Waals surface area contributed by atoms with E-state index in [9.17, 15) is 4.79 Å². The zero-order valence-corrected chi connectivity index (χ0v) is 37.2. The SMILES string of the molecule is CCCCCC1CCC(/C=C/c2ccc(COOc3ccc4c(c3)C3(CC4)CCc4ccc(OC(=O)c5ccc(/C=C/C6CCC(CCCCC)CC6)cc5)cc43)cc2)CC1. The fourth-order valence-electron chi connectivity index (χ4n) is 11.0. The van der Waals surface area contributed by atoms with Crippen LogP contribution in [0.2, 0.25) is 0 Å². The third-order valence-electron chi connectivity index (χ3n) is 14.9. The zero-order chi connectivity index (χ0) is 41.9. The lowest BCUT2D eigenvalue weighted by molar-refractivity contribution is -0.217. The van der Waals surface area contributed by atoms with Crippen molar-refractivity contribution in [3.63, 3.8) is 0 Å². The number of fused-ring (bicyclic) bond motifs is 4. The molecule has 2 fully saturated rings. The monoisotopic (exact) mass is 819 g/mol. The Bertz CT molecular complexity index is 2070. The van der Waals surface area contributed by atoms with Gasteiger partial charge in [-0.2, -0.15) is 4.89 Å². The van der Waals surface area contributed by atoms with Crippen molar-refractivity contribution in [2.75, 3.05) is 0 Å². The Morgan fingerprint density at radius 3 is 1.66 bits per heavy atom. The van der Waals surface area contributed by atoms with Crippen LogP contribution in [0, 0.1) is 23.7 Å². The van der Waals surface area contributed by atoms with Crippen LogP contribution in [0.15, 0.2) is 97.1 Å². The van der Waals surface area contributed by atoms with E-state index in [1.807, 2.05) is 36.4 Å². The summed E-state index contributed by atoms with van der Waals surface area (Å²) < 4.78 is 6.04. The normalized spacial score (nSPS) is 23.4. The van der Waals surface area contributed by atoms with Crippen LogP contribution in [0.25, 0.3) is 12.2 Å². The van der Waals surface area contributed by atoms with Gasteiger partial charge in [-0.1, -0.05) is 138 Å². The van der Waals surface area contributed by atoms with E-state index in [0.29, 0.717) is 29.8 Å². The quantitative estimate of drug-likeness (QED) is 0.0330. The molecular weight excluding hydrogens is 749 g/mol. The summed E-state index contributed by atoms with van der Waals surface area (Å²) in [5.41, 5.74) is 9.18. The summed E-state index contributed by atoms with van der Waals surface area (Å²) in [6, 6.07) is 29.1. The highest BCUT2D eigenvalue weighted by Gasteiger charge is 2.45. The standard InChI is InChI=1S/C57H70O4/c1-3-5-7-9-42-11-15-44(16-12-42)19-20-46-23-25-48(26-24-46)41-59-61-53-34-32-50-36-38-57(55(50)40-53)37-35-49-31-33-52(39-54(49)57)60-56(58)51-29-27-47(28-30-51)22-21-45-17-13-43(14-18-45)10-8-6-4-2/h19-34,39-40,42-45H,3-18,35-38,41H2,1-2H3/b20-19+,22-21+. The molecule has 8 rings (SSSR count). The van der Waals surface area contributed by atoms with Crippen LogP contribution in [-0.2, 0) is 29.8 Å². The number of carbonyl (C=O) groups is 1. The Labute approximate surface area is 367 Å². The smallest absolute Gasteiger partial charge is 0.343 e. The fourth-order valence-corrected chi connectivity index (χ4v) is 11.0. The summed E-state index contributed by atoms with van der Waals surface area (Å²) in [7, 11) is 0. The first-order valence-electron chi connectivity index (χ1n) is 24.3. The topological polar surface area (TPSA) is 44.8 Å².